The van der Waals surface area contributed by atoms with Gasteiger partial charge in [0, 0.05) is 6.54 Å². The third kappa shape index (κ3) is 4.54. The lowest BCUT2D eigenvalue weighted by molar-refractivity contribution is -0.0211. The number of nitrogens with one attached hydrogen (secondary N) is 1. The average Bonchev–Trinajstić information content (AvgIpc) is 3.02. The quantitative estimate of drug-likeness (QED) is 0.751. The Labute approximate surface area is 144 Å². The molecule has 3 heteroatoms. The van der Waals surface area contributed by atoms with Crippen molar-refractivity contribution in [2.24, 2.45) is 0 Å². The van der Waals surface area contributed by atoms with Gasteiger partial charge in [-0.05, 0) is 17.5 Å². The minimum Gasteiger partial charge on any atom is -0.373 e. The molecule has 0 aliphatic carbocycles. The molecule has 24 heavy (non-hydrogen) atoms. The van der Waals surface area contributed by atoms with Gasteiger partial charge in [0.2, 0.25) is 0 Å². The van der Waals surface area contributed by atoms with E-state index < -0.39 is 0 Å². The van der Waals surface area contributed by atoms with Gasteiger partial charge < -0.3 is 14.8 Å². The van der Waals surface area contributed by atoms with E-state index in [0.717, 1.165) is 13.0 Å². The van der Waals surface area contributed by atoms with E-state index in [1.54, 1.807) is 0 Å². The van der Waals surface area contributed by atoms with Crippen LogP contribution in [0.3, 0.4) is 0 Å². The van der Waals surface area contributed by atoms with Crippen LogP contribution in [0.2, 0.25) is 0 Å². The molecule has 3 nitrogen and oxygen atoms in total. The standard InChI is InChI=1S/C21H25NO2/c1-2-9-20-21(24-15-18-12-7-4-8-13-18)19(16-23-20)22-14-17-10-5-3-6-11-17/h2-8,10-13,19-22H,1,9,14-16H2/t19-,20-,21-/m1/s1. The molecule has 1 N–H and O–H groups in total. The molecule has 1 aliphatic heterocycles. The Morgan fingerprint density at radius 1 is 1.04 bits per heavy atom. The van der Waals surface area contributed by atoms with E-state index in [1.165, 1.54) is 11.1 Å². The number of hydrogen-bond acceptors (Lipinski definition) is 3. The Bertz CT molecular complexity index is 614. The van der Waals surface area contributed by atoms with E-state index in [-0.39, 0.29) is 18.2 Å². The average molecular weight is 323 g/mol. The van der Waals surface area contributed by atoms with Crippen LogP contribution in [-0.4, -0.2) is 24.9 Å². The molecule has 1 heterocycles. The van der Waals surface area contributed by atoms with Crippen LogP contribution in [-0.2, 0) is 22.6 Å². The van der Waals surface area contributed by atoms with Crippen LogP contribution in [0.25, 0.3) is 0 Å². The minimum absolute atomic E-state index is 0.0342. The zero-order valence-corrected chi connectivity index (χ0v) is 13.9. The maximum Gasteiger partial charge on any atom is 0.102 e. The summed E-state index contributed by atoms with van der Waals surface area (Å²) >= 11 is 0. The largest absolute Gasteiger partial charge is 0.373 e. The first kappa shape index (κ1) is 16.9. The Balaban J connectivity index is 1.60. The molecule has 0 aromatic heterocycles. The summed E-state index contributed by atoms with van der Waals surface area (Å²) in [6, 6.07) is 20.9. The number of ether oxygens (including phenoxy) is 2. The van der Waals surface area contributed by atoms with Crippen LogP contribution in [0.4, 0.5) is 0 Å². The fourth-order valence-corrected chi connectivity index (χ4v) is 3.05. The van der Waals surface area contributed by atoms with Crippen molar-refractivity contribution >= 4 is 0 Å². The normalized spacial score (nSPS) is 23.2. The highest BCUT2D eigenvalue weighted by atomic mass is 16.6. The smallest absolute Gasteiger partial charge is 0.102 e. The third-order valence-corrected chi connectivity index (χ3v) is 4.35. The lowest BCUT2D eigenvalue weighted by atomic mass is 10.1. The first-order valence-corrected chi connectivity index (χ1v) is 8.52. The van der Waals surface area contributed by atoms with Gasteiger partial charge in [0.25, 0.3) is 0 Å². The van der Waals surface area contributed by atoms with Crippen molar-refractivity contribution in [3.63, 3.8) is 0 Å². The second-order valence-corrected chi connectivity index (χ2v) is 6.13. The van der Waals surface area contributed by atoms with Crippen LogP contribution < -0.4 is 5.32 Å². The van der Waals surface area contributed by atoms with Gasteiger partial charge in [0.05, 0.1) is 25.4 Å². The van der Waals surface area contributed by atoms with E-state index in [1.807, 2.05) is 30.3 Å². The molecular weight excluding hydrogens is 298 g/mol. The summed E-state index contributed by atoms with van der Waals surface area (Å²) in [6.07, 6.45) is 2.82. The number of hydrogen-bond donors (Lipinski definition) is 1. The molecular formula is C21H25NO2. The molecule has 0 amide bonds. The Kier molecular flexibility index (Phi) is 6.19. The van der Waals surface area contributed by atoms with Crippen molar-refractivity contribution in [3.8, 4) is 0 Å². The maximum absolute atomic E-state index is 6.22. The molecule has 0 unspecified atom stereocenters. The Morgan fingerprint density at radius 3 is 2.38 bits per heavy atom. The molecule has 2 aromatic carbocycles. The van der Waals surface area contributed by atoms with Crippen LogP contribution in [0.1, 0.15) is 17.5 Å². The van der Waals surface area contributed by atoms with Crippen LogP contribution in [0.5, 0.6) is 0 Å². The second kappa shape index (κ2) is 8.78. The second-order valence-electron chi connectivity index (χ2n) is 6.13. The van der Waals surface area contributed by atoms with Crippen molar-refractivity contribution < 1.29 is 9.47 Å². The number of rotatable bonds is 8. The molecule has 0 saturated carbocycles. The van der Waals surface area contributed by atoms with Crippen LogP contribution in [0, 0.1) is 0 Å². The van der Waals surface area contributed by atoms with Crippen molar-refractivity contribution in [1.82, 2.24) is 5.32 Å². The van der Waals surface area contributed by atoms with Crippen LogP contribution >= 0.6 is 0 Å². The lowest BCUT2D eigenvalue weighted by Gasteiger charge is -2.24. The lowest BCUT2D eigenvalue weighted by Crippen LogP contribution is -2.42. The van der Waals surface area contributed by atoms with Gasteiger partial charge in [-0.1, -0.05) is 66.7 Å². The van der Waals surface area contributed by atoms with Gasteiger partial charge >= 0.3 is 0 Å². The maximum atomic E-state index is 6.22. The van der Waals surface area contributed by atoms with Gasteiger partial charge in [-0.3, -0.25) is 0 Å². The zero-order valence-electron chi connectivity index (χ0n) is 13.9. The summed E-state index contributed by atoms with van der Waals surface area (Å²) in [5.41, 5.74) is 2.45. The van der Waals surface area contributed by atoms with Crippen molar-refractivity contribution in [2.75, 3.05) is 6.61 Å². The van der Waals surface area contributed by atoms with Crippen molar-refractivity contribution in [2.45, 2.75) is 37.8 Å². The highest BCUT2D eigenvalue weighted by Gasteiger charge is 2.37. The molecule has 1 aliphatic rings. The molecule has 3 rings (SSSR count). The van der Waals surface area contributed by atoms with Crippen molar-refractivity contribution in [1.29, 1.82) is 0 Å². The summed E-state index contributed by atoms with van der Waals surface area (Å²) in [5.74, 6) is 0. The molecule has 1 saturated heterocycles. The van der Waals surface area contributed by atoms with Gasteiger partial charge in [-0.15, -0.1) is 6.58 Å². The zero-order chi connectivity index (χ0) is 16.6. The van der Waals surface area contributed by atoms with Gasteiger partial charge in [-0.25, -0.2) is 0 Å². The molecule has 0 spiro atoms. The third-order valence-electron chi connectivity index (χ3n) is 4.35. The fourth-order valence-electron chi connectivity index (χ4n) is 3.05. The predicted molar refractivity (Wildman–Crippen MR) is 96.6 cm³/mol. The molecule has 126 valence electrons. The monoisotopic (exact) mass is 323 g/mol. The van der Waals surface area contributed by atoms with E-state index in [9.17, 15) is 0 Å². The molecule has 2 aromatic rings. The van der Waals surface area contributed by atoms with Gasteiger partial charge in [0.15, 0.2) is 0 Å². The molecule has 0 radical (unpaired) electrons. The summed E-state index contributed by atoms with van der Waals surface area (Å²) in [6.45, 7) is 5.93. The number of benzene rings is 2. The first-order chi connectivity index (χ1) is 11.9. The van der Waals surface area contributed by atoms with Gasteiger partial charge in [-0.2, -0.15) is 0 Å². The summed E-state index contributed by atoms with van der Waals surface area (Å²) in [5, 5.41) is 3.59. The molecule has 1 fully saturated rings. The topological polar surface area (TPSA) is 30.5 Å². The minimum atomic E-state index is 0.0342. The van der Waals surface area contributed by atoms with E-state index in [4.69, 9.17) is 9.47 Å². The molecule has 3 atom stereocenters. The van der Waals surface area contributed by atoms with Gasteiger partial charge in [0.1, 0.15) is 6.10 Å². The van der Waals surface area contributed by atoms with E-state index >= 15 is 0 Å². The van der Waals surface area contributed by atoms with Crippen molar-refractivity contribution in [3.05, 3.63) is 84.4 Å². The Morgan fingerprint density at radius 2 is 1.71 bits per heavy atom. The Hall–Kier alpha value is -1.94. The summed E-state index contributed by atoms with van der Waals surface area (Å²) in [4.78, 5) is 0. The van der Waals surface area contributed by atoms with Crippen LogP contribution in [0.15, 0.2) is 73.3 Å². The fraction of sp³-hybridized carbons (Fsp3) is 0.333. The summed E-state index contributed by atoms with van der Waals surface area (Å²) < 4.78 is 12.2. The van der Waals surface area contributed by atoms with E-state index in [0.29, 0.717) is 13.2 Å². The highest BCUT2D eigenvalue weighted by Crippen LogP contribution is 2.23. The molecule has 0 bridgehead atoms. The predicted octanol–water partition coefficient (Wildman–Crippen LogP) is 3.71. The first-order valence-electron chi connectivity index (χ1n) is 8.52. The van der Waals surface area contributed by atoms with E-state index in [2.05, 4.69) is 48.3 Å². The summed E-state index contributed by atoms with van der Waals surface area (Å²) in [7, 11) is 0. The SMILES string of the molecule is C=CC[C@H]1OC[C@@H](NCc2ccccc2)[C@H]1OCc1ccccc1. The highest BCUT2D eigenvalue weighted by molar-refractivity contribution is 5.15.